The molecule has 0 aromatic heterocycles. The number of rotatable bonds is 4. The van der Waals surface area contributed by atoms with Crippen molar-refractivity contribution in [3.63, 3.8) is 0 Å². The molecule has 1 aromatic rings. The Labute approximate surface area is 108 Å². The molecule has 0 saturated heterocycles. The zero-order chi connectivity index (χ0) is 12.4. The topological polar surface area (TPSA) is 18.5 Å². The van der Waals surface area contributed by atoms with Gasteiger partial charge in [0.15, 0.2) is 18.1 Å². The van der Waals surface area contributed by atoms with Crippen molar-refractivity contribution in [2.45, 2.75) is 13.1 Å². The van der Waals surface area contributed by atoms with Gasteiger partial charge >= 0.3 is 0 Å². The maximum atomic E-state index is 5.41. The van der Waals surface area contributed by atoms with E-state index in [1.807, 2.05) is 11.8 Å². The summed E-state index contributed by atoms with van der Waals surface area (Å²) in [6, 6.07) is 10.5. The molecule has 6 heteroatoms. The van der Waals surface area contributed by atoms with Gasteiger partial charge in [0.25, 0.3) is 0 Å². The first-order valence-corrected chi connectivity index (χ1v) is 11.5. The average molecular weight is 287 g/mol. The lowest BCUT2D eigenvalue weighted by atomic mass is 10.4. The first-order valence-electron chi connectivity index (χ1n) is 5.38. The van der Waals surface area contributed by atoms with Crippen LogP contribution >= 0.6 is 0 Å². The number of hydrogen-bond donors (Lipinski definition) is 0. The second-order valence-electron chi connectivity index (χ2n) is 3.47. The van der Waals surface area contributed by atoms with Crippen molar-refractivity contribution in [3.8, 4) is 0 Å². The van der Waals surface area contributed by atoms with Gasteiger partial charge in [0.2, 0.25) is 0 Å². The fourth-order valence-corrected chi connectivity index (χ4v) is 3.58. The molecule has 0 spiro atoms. The summed E-state index contributed by atoms with van der Waals surface area (Å²) in [6.07, 6.45) is 0. The molecule has 2 unspecified atom stereocenters. The molecule has 0 N–H and O–H groups in total. The van der Waals surface area contributed by atoms with E-state index < -0.39 is 18.1 Å². The zero-order valence-electron chi connectivity index (χ0n) is 10.6. The van der Waals surface area contributed by atoms with Crippen LogP contribution in [-0.2, 0) is 8.23 Å². The second-order valence-corrected chi connectivity index (χ2v) is 11.1. The SMILES string of the molecule is C=C[SiH](C)O[SiH3].C[SiH](O[SiH3])c1ccccc1. The molecule has 0 aliphatic rings. The second kappa shape index (κ2) is 9.94. The van der Waals surface area contributed by atoms with Crippen LogP contribution in [-0.4, -0.2) is 39.1 Å². The van der Waals surface area contributed by atoms with Gasteiger partial charge in [0.05, 0.1) is 0 Å². The van der Waals surface area contributed by atoms with E-state index in [-0.39, 0.29) is 0 Å². The predicted molar refractivity (Wildman–Crippen MR) is 84.3 cm³/mol. The first kappa shape index (κ1) is 15.7. The van der Waals surface area contributed by atoms with E-state index >= 15 is 0 Å². The van der Waals surface area contributed by atoms with Crippen molar-refractivity contribution in [1.29, 1.82) is 0 Å². The highest BCUT2D eigenvalue weighted by molar-refractivity contribution is 6.68. The van der Waals surface area contributed by atoms with Crippen LogP contribution in [0.3, 0.4) is 0 Å². The van der Waals surface area contributed by atoms with E-state index in [1.165, 1.54) is 5.19 Å². The first-order chi connectivity index (χ1) is 7.65. The Morgan fingerprint density at radius 2 is 1.69 bits per heavy atom. The maximum Gasteiger partial charge on any atom is 0.191 e. The van der Waals surface area contributed by atoms with Crippen LogP contribution in [0.25, 0.3) is 0 Å². The van der Waals surface area contributed by atoms with E-state index in [0.29, 0.717) is 0 Å². The van der Waals surface area contributed by atoms with Crippen LogP contribution < -0.4 is 5.19 Å². The van der Waals surface area contributed by atoms with Gasteiger partial charge in [0.1, 0.15) is 21.0 Å². The minimum absolute atomic E-state index is 0.835. The minimum Gasteiger partial charge on any atom is -0.463 e. The largest absolute Gasteiger partial charge is 0.463 e. The van der Waals surface area contributed by atoms with Gasteiger partial charge < -0.3 is 8.23 Å². The molecule has 0 bridgehead atoms. The molecular formula is C10H22O2Si4. The fraction of sp³-hybridized carbons (Fsp3) is 0.200. The summed E-state index contributed by atoms with van der Waals surface area (Å²) in [5.74, 6) is 0. The highest BCUT2D eigenvalue weighted by Gasteiger charge is 2.02. The van der Waals surface area contributed by atoms with Gasteiger partial charge in [-0.2, -0.15) is 0 Å². The zero-order valence-corrected chi connectivity index (χ0v) is 17.0. The van der Waals surface area contributed by atoms with Gasteiger partial charge in [-0.3, -0.25) is 0 Å². The van der Waals surface area contributed by atoms with Crippen LogP contribution in [0, 0.1) is 0 Å². The summed E-state index contributed by atoms with van der Waals surface area (Å²) in [7, 11) is -0.0704. The van der Waals surface area contributed by atoms with Crippen LogP contribution in [0.4, 0.5) is 0 Å². The predicted octanol–water partition coefficient (Wildman–Crippen LogP) is -1.09. The van der Waals surface area contributed by atoms with Gasteiger partial charge in [0, 0.05) is 0 Å². The molecule has 1 rings (SSSR count). The Kier molecular flexibility index (Phi) is 9.78. The van der Waals surface area contributed by atoms with Crippen molar-refractivity contribution in [1.82, 2.24) is 0 Å². The Hall–Kier alpha value is -0.252. The molecule has 0 heterocycles. The molecule has 1 aromatic carbocycles. The van der Waals surface area contributed by atoms with E-state index in [2.05, 4.69) is 43.9 Å². The Morgan fingerprint density at radius 1 is 1.12 bits per heavy atom. The lowest BCUT2D eigenvalue weighted by molar-refractivity contribution is 0.653. The smallest absolute Gasteiger partial charge is 0.191 e. The molecule has 90 valence electrons. The van der Waals surface area contributed by atoms with Gasteiger partial charge in [-0.1, -0.05) is 36.0 Å². The van der Waals surface area contributed by atoms with E-state index in [0.717, 1.165) is 21.0 Å². The Morgan fingerprint density at radius 3 is 2.00 bits per heavy atom. The Bertz CT molecular complexity index is 281. The van der Waals surface area contributed by atoms with Gasteiger partial charge in [-0.05, 0) is 18.3 Å². The lowest BCUT2D eigenvalue weighted by Crippen LogP contribution is -2.28. The third-order valence-corrected chi connectivity index (χ3v) is 10.1. The van der Waals surface area contributed by atoms with Crippen molar-refractivity contribution >= 4 is 44.2 Å². The summed E-state index contributed by atoms with van der Waals surface area (Å²) < 4.78 is 10.5. The highest BCUT2D eigenvalue weighted by atomic mass is 28.3. The van der Waals surface area contributed by atoms with Crippen LogP contribution in [0.2, 0.25) is 13.1 Å². The van der Waals surface area contributed by atoms with Crippen LogP contribution in [0.5, 0.6) is 0 Å². The van der Waals surface area contributed by atoms with Crippen LogP contribution in [0.15, 0.2) is 42.6 Å². The van der Waals surface area contributed by atoms with Crippen LogP contribution in [0.1, 0.15) is 0 Å². The summed E-state index contributed by atoms with van der Waals surface area (Å²) in [5, 5.41) is 1.40. The fourth-order valence-electron chi connectivity index (χ4n) is 0.956. The normalized spacial score (nSPS) is 13.6. The number of benzene rings is 1. The standard InChI is InChI=1S/C7H12OSi2.C3H10OSi2/c1-10(8-9)7-5-3-2-4-6-7;1-3-6(2)4-5/h2-6,10H,1,9H3;3,6H,1H2,2,5H3. The molecule has 0 fully saturated rings. The minimum atomic E-state index is -0.978. The molecular weight excluding hydrogens is 264 g/mol. The van der Waals surface area contributed by atoms with Gasteiger partial charge in [-0.25, -0.2) is 0 Å². The lowest BCUT2D eigenvalue weighted by Gasteiger charge is -2.06. The Balaban J connectivity index is 0.000000325. The van der Waals surface area contributed by atoms with Crippen molar-refractivity contribution in [2.24, 2.45) is 0 Å². The molecule has 0 radical (unpaired) electrons. The number of hydrogen-bond acceptors (Lipinski definition) is 2. The molecule has 0 saturated carbocycles. The summed E-state index contributed by atoms with van der Waals surface area (Å²) in [4.78, 5) is 0. The third-order valence-electron chi connectivity index (χ3n) is 2.33. The molecule has 2 atom stereocenters. The molecule has 0 aliphatic carbocycles. The van der Waals surface area contributed by atoms with Crippen molar-refractivity contribution < 1.29 is 8.23 Å². The summed E-state index contributed by atoms with van der Waals surface area (Å²) in [5.41, 5.74) is 1.92. The highest BCUT2D eigenvalue weighted by Crippen LogP contribution is 1.87. The quantitative estimate of drug-likeness (QED) is 0.655. The molecule has 2 nitrogen and oxygen atoms in total. The average Bonchev–Trinajstić information content (AvgIpc) is 2.38. The maximum absolute atomic E-state index is 5.41. The third kappa shape index (κ3) is 7.09. The van der Waals surface area contributed by atoms with Crippen molar-refractivity contribution in [3.05, 3.63) is 42.6 Å². The summed E-state index contributed by atoms with van der Waals surface area (Å²) >= 11 is 0. The molecule has 0 aliphatic heterocycles. The van der Waals surface area contributed by atoms with Gasteiger partial charge in [-0.15, -0.1) is 6.58 Å². The van der Waals surface area contributed by atoms with E-state index in [4.69, 9.17) is 8.23 Å². The van der Waals surface area contributed by atoms with E-state index in [1.54, 1.807) is 0 Å². The van der Waals surface area contributed by atoms with Crippen molar-refractivity contribution in [2.75, 3.05) is 0 Å². The monoisotopic (exact) mass is 286 g/mol. The van der Waals surface area contributed by atoms with E-state index in [9.17, 15) is 0 Å². The molecule has 0 amide bonds. The summed E-state index contributed by atoms with van der Waals surface area (Å²) in [6.45, 7) is 7.91. The molecule has 16 heavy (non-hydrogen) atoms.